The van der Waals surface area contributed by atoms with E-state index in [2.05, 4.69) is 5.32 Å². The molecule has 0 spiro atoms. The van der Waals surface area contributed by atoms with Crippen molar-refractivity contribution in [1.29, 1.82) is 0 Å². The van der Waals surface area contributed by atoms with Crippen molar-refractivity contribution in [2.24, 2.45) is 0 Å². The summed E-state index contributed by atoms with van der Waals surface area (Å²) in [5.74, 6) is 1.17. The summed E-state index contributed by atoms with van der Waals surface area (Å²) in [5.41, 5.74) is 3.74. The number of hydrogen-bond acceptors (Lipinski definition) is 3. The Hall–Kier alpha value is -2.07. The van der Waals surface area contributed by atoms with E-state index in [-0.39, 0.29) is 0 Å². The third kappa shape index (κ3) is 5.05. The van der Waals surface area contributed by atoms with E-state index in [9.17, 15) is 0 Å². The maximum absolute atomic E-state index is 6.47. The van der Waals surface area contributed by atoms with Crippen LogP contribution in [0.25, 0.3) is 0 Å². The summed E-state index contributed by atoms with van der Waals surface area (Å²) in [6.45, 7) is 2.82. The molecule has 0 saturated heterocycles. The van der Waals surface area contributed by atoms with Crippen molar-refractivity contribution in [2.75, 3.05) is 12.4 Å². The lowest BCUT2D eigenvalue weighted by Gasteiger charge is -2.15. The fraction of sp³-hybridized carbons (Fsp3) is 0.182. The number of hydrogen-bond donors (Lipinski definition) is 1. The topological polar surface area (TPSA) is 30.5 Å². The molecular formula is C22H20Cl3NO2. The van der Waals surface area contributed by atoms with Crippen LogP contribution in [0.1, 0.15) is 16.7 Å². The van der Waals surface area contributed by atoms with Gasteiger partial charge in [0, 0.05) is 38.9 Å². The number of benzene rings is 3. The van der Waals surface area contributed by atoms with Gasteiger partial charge in [0.1, 0.15) is 6.61 Å². The second-order valence-electron chi connectivity index (χ2n) is 6.29. The lowest BCUT2D eigenvalue weighted by atomic mass is 10.1. The summed E-state index contributed by atoms with van der Waals surface area (Å²) in [7, 11) is 1.60. The zero-order valence-electron chi connectivity index (χ0n) is 15.6. The monoisotopic (exact) mass is 435 g/mol. The van der Waals surface area contributed by atoms with Crippen molar-refractivity contribution in [2.45, 2.75) is 20.1 Å². The Balaban J connectivity index is 1.73. The molecule has 0 radical (unpaired) electrons. The zero-order chi connectivity index (χ0) is 20.1. The number of rotatable bonds is 7. The summed E-state index contributed by atoms with van der Waals surface area (Å²) >= 11 is 18.8. The molecule has 0 aliphatic carbocycles. The largest absolute Gasteiger partial charge is 0.493 e. The summed E-state index contributed by atoms with van der Waals surface area (Å²) in [6, 6.07) is 17.0. The Bertz CT molecular complexity index is 976. The molecule has 3 rings (SSSR count). The van der Waals surface area contributed by atoms with Crippen LogP contribution in [-0.2, 0) is 13.2 Å². The minimum absolute atomic E-state index is 0.325. The molecule has 0 amide bonds. The van der Waals surface area contributed by atoms with Crippen molar-refractivity contribution in [3.05, 3.63) is 86.4 Å². The van der Waals surface area contributed by atoms with Gasteiger partial charge in [-0.1, -0.05) is 59.1 Å². The molecule has 0 aliphatic heterocycles. The van der Waals surface area contributed by atoms with Gasteiger partial charge in [0.2, 0.25) is 0 Å². The van der Waals surface area contributed by atoms with Crippen molar-refractivity contribution >= 4 is 40.5 Å². The Morgan fingerprint density at radius 2 is 1.61 bits per heavy atom. The van der Waals surface area contributed by atoms with E-state index in [1.165, 1.54) is 0 Å². The van der Waals surface area contributed by atoms with E-state index in [0.717, 1.165) is 27.4 Å². The molecule has 0 aliphatic rings. The van der Waals surface area contributed by atoms with Gasteiger partial charge in [0.15, 0.2) is 11.5 Å². The number of methoxy groups -OCH3 is 1. The highest BCUT2D eigenvalue weighted by molar-refractivity contribution is 6.32. The fourth-order valence-corrected chi connectivity index (χ4v) is 3.25. The van der Waals surface area contributed by atoms with Crippen molar-refractivity contribution in [3.63, 3.8) is 0 Å². The molecule has 3 aromatic carbocycles. The molecule has 0 heterocycles. The van der Waals surface area contributed by atoms with Crippen LogP contribution in [0.2, 0.25) is 15.1 Å². The highest BCUT2D eigenvalue weighted by Gasteiger charge is 2.12. The van der Waals surface area contributed by atoms with Crippen LogP contribution in [0.5, 0.6) is 11.5 Å². The maximum atomic E-state index is 6.47. The molecule has 146 valence electrons. The van der Waals surface area contributed by atoms with Gasteiger partial charge >= 0.3 is 0 Å². The molecule has 1 N–H and O–H groups in total. The van der Waals surface area contributed by atoms with Gasteiger partial charge in [0.05, 0.1) is 7.11 Å². The quantitative estimate of drug-likeness (QED) is 0.426. The molecule has 0 aromatic heterocycles. The highest BCUT2D eigenvalue weighted by Crippen LogP contribution is 2.35. The average molecular weight is 437 g/mol. The molecule has 0 fully saturated rings. The van der Waals surface area contributed by atoms with Gasteiger partial charge in [-0.05, 0) is 42.3 Å². The molecule has 0 bridgehead atoms. The van der Waals surface area contributed by atoms with Crippen LogP contribution < -0.4 is 14.8 Å². The van der Waals surface area contributed by atoms with E-state index in [0.29, 0.717) is 34.7 Å². The Kier molecular flexibility index (Phi) is 6.95. The highest BCUT2D eigenvalue weighted by atomic mass is 35.5. The van der Waals surface area contributed by atoms with Crippen molar-refractivity contribution in [3.8, 4) is 11.5 Å². The minimum Gasteiger partial charge on any atom is -0.493 e. The van der Waals surface area contributed by atoms with Crippen LogP contribution in [0.4, 0.5) is 5.69 Å². The zero-order valence-corrected chi connectivity index (χ0v) is 17.8. The lowest BCUT2D eigenvalue weighted by Crippen LogP contribution is -2.03. The Morgan fingerprint density at radius 3 is 2.32 bits per heavy atom. The molecule has 0 atom stereocenters. The van der Waals surface area contributed by atoms with Crippen LogP contribution >= 0.6 is 34.8 Å². The number of nitrogens with one attached hydrogen (secondary N) is 1. The first kappa shape index (κ1) is 20.7. The SMILES string of the molecule is COc1cc(CNc2ccc(C)c(Cl)c2)c(Cl)cc1OCc1ccccc1Cl. The molecule has 3 nitrogen and oxygen atoms in total. The predicted molar refractivity (Wildman–Crippen MR) is 117 cm³/mol. The van der Waals surface area contributed by atoms with Gasteiger partial charge in [0.25, 0.3) is 0 Å². The summed E-state index contributed by atoms with van der Waals surface area (Å²) < 4.78 is 11.4. The van der Waals surface area contributed by atoms with Crippen molar-refractivity contribution in [1.82, 2.24) is 0 Å². The lowest BCUT2D eigenvalue weighted by molar-refractivity contribution is 0.284. The van der Waals surface area contributed by atoms with Gasteiger partial charge < -0.3 is 14.8 Å². The Labute approximate surface area is 180 Å². The first-order chi connectivity index (χ1) is 13.5. The van der Waals surface area contributed by atoms with Gasteiger partial charge in [-0.25, -0.2) is 0 Å². The van der Waals surface area contributed by atoms with E-state index < -0.39 is 0 Å². The van der Waals surface area contributed by atoms with E-state index in [4.69, 9.17) is 44.3 Å². The standard InChI is InChI=1S/C22H20Cl3NO2/c1-14-7-8-17(10-19(14)24)26-12-16-9-21(27-2)22(11-20(16)25)28-13-15-5-3-4-6-18(15)23/h3-11,26H,12-13H2,1-2H3. The Morgan fingerprint density at radius 1 is 0.821 bits per heavy atom. The molecule has 0 unspecified atom stereocenters. The first-order valence-corrected chi connectivity index (χ1v) is 9.84. The normalized spacial score (nSPS) is 10.6. The molecule has 6 heteroatoms. The summed E-state index contributed by atoms with van der Waals surface area (Å²) in [6.07, 6.45) is 0. The smallest absolute Gasteiger partial charge is 0.163 e. The predicted octanol–water partition coefficient (Wildman–Crippen LogP) is 7.15. The number of halogens is 3. The third-order valence-corrected chi connectivity index (χ3v) is 5.46. The first-order valence-electron chi connectivity index (χ1n) is 8.70. The summed E-state index contributed by atoms with van der Waals surface area (Å²) in [4.78, 5) is 0. The van der Waals surface area contributed by atoms with Gasteiger partial charge in [-0.3, -0.25) is 0 Å². The molecular weight excluding hydrogens is 417 g/mol. The van der Waals surface area contributed by atoms with Crippen molar-refractivity contribution < 1.29 is 9.47 Å². The third-order valence-electron chi connectivity index (χ3n) is 4.33. The van der Waals surface area contributed by atoms with Crippen LogP contribution in [-0.4, -0.2) is 7.11 Å². The molecule has 0 saturated carbocycles. The fourth-order valence-electron chi connectivity index (χ4n) is 2.66. The van der Waals surface area contributed by atoms with E-state index in [1.807, 2.05) is 55.5 Å². The number of ether oxygens (including phenoxy) is 2. The second kappa shape index (κ2) is 9.42. The molecule has 3 aromatic rings. The van der Waals surface area contributed by atoms with E-state index in [1.54, 1.807) is 13.2 Å². The maximum Gasteiger partial charge on any atom is 0.163 e. The second-order valence-corrected chi connectivity index (χ2v) is 7.51. The molecule has 28 heavy (non-hydrogen) atoms. The van der Waals surface area contributed by atoms with Crippen LogP contribution in [0.15, 0.2) is 54.6 Å². The minimum atomic E-state index is 0.325. The average Bonchev–Trinajstić information content (AvgIpc) is 2.69. The van der Waals surface area contributed by atoms with Gasteiger partial charge in [-0.2, -0.15) is 0 Å². The van der Waals surface area contributed by atoms with E-state index >= 15 is 0 Å². The van der Waals surface area contributed by atoms with Crippen LogP contribution in [0.3, 0.4) is 0 Å². The number of aryl methyl sites for hydroxylation is 1. The van der Waals surface area contributed by atoms with Crippen LogP contribution in [0, 0.1) is 6.92 Å². The summed E-state index contributed by atoms with van der Waals surface area (Å²) in [5, 5.41) is 5.28. The van der Waals surface area contributed by atoms with Gasteiger partial charge in [-0.15, -0.1) is 0 Å². The number of anilines is 1.